The highest BCUT2D eigenvalue weighted by molar-refractivity contribution is 7.02. The van der Waals surface area contributed by atoms with Crippen LogP contribution >= 0.6 is 0 Å². The molecule has 12 fully saturated rings. The maximum absolute atomic E-state index is 2.71. The zero-order valence-electron chi connectivity index (χ0n) is 87.1. The minimum absolute atomic E-state index is 0.0545. The van der Waals surface area contributed by atoms with Crippen molar-refractivity contribution in [1.82, 2.24) is 0 Å². The van der Waals surface area contributed by atoms with Gasteiger partial charge in [0, 0.05) is 102 Å². The van der Waals surface area contributed by atoms with Crippen LogP contribution < -0.4 is 78.6 Å². The summed E-state index contributed by atoms with van der Waals surface area (Å²) in [6.07, 6.45) is 24.4. The van der Waals surface area contributed by atoms with Gasteiger partial charge in [-0.25, -0.2) is 0 Å². The lowest BCUT2D eigenvalue weighted by atomic mass is 9.32. The number of rotatable bonds is 7. The van der Waals surface area contributed by atoms with Gasteiger partial charge in [-0.3, -0.25) is 0 Å². The number of benzene rings is 15. The highest BCUT2D eigenvalue weighted by Gasteiger charge is 2.68. The van der Waals surface area contributed by atoms with Gasteiger partial charge in [0.25, 0.3) is 20.1 Å². The molecule has 21 aliphatic rings. The minimum atomic E-state index is 0.0545. The van der Waals surface area contributed by atoms with Crippen LogP contribution in [0, 0.1) is 71.0 Å². The number of para-hydroxylation sites is 6. The lowest BCUT2D eigenvalue weighted by Gasteiger charge is -2.64. The Bertz CT molecular complexity index is 7970. The van der Waals surface area contributed by atoms with Crippen molar-refractivity contribution in [3.05, 3.63) is 376 Å². The molecule has 0 amide bonds. The Kier molecular flexibility index (Phi) is 18.8. The lowest BCUT2D eigenvalue weighted by Crippen LogP contribution is -2.64. The zero-order chi connectivity index (χ0) is 97.5. The second-order valence-electron chi connectivity index (χ2n) is 50.8. The first-order valence-corrected chi connectivity index (χ1v) is 56.9. The maximum atomic E-state index is 2.71. The van der Waals surface area contributed by atoms with Crippen molar-refractivity contribution >= 4 is 172 Å². The summed E-state index contributed by atoms with van der Waals surface area (Å²) in [4.78, 5) is 15.9. The molecule has 3 spiro atoms. The molecule has 12 aliphatic carbocycles. The summed E-state index contributed by atoms with van der Waals surface area (Å²) in [5, 5.41) is 0. The molecule has 15 aromatic carbocycles. The average Bonchev–Trinajstić information content (AvgIpc) is 0.667. The Morgan fingerprint density at radius 1 is 0.240 bits per heavy atom. The number of anilines is 18. The Morgan fingerprint density at radius 2 is 0.521 bits per heavy atom. The third-order valence-corrected chi connectivity index (χ3v) is 41.6. The molecule has 6 nitrogen and oxygen atoms in total. The van der Waals surface area contributed by atoms with E-state index in [0.29, 0.717) is 5.92 Å². The second kappa shape index (κ2) is 31.4. The molecular weight excluding hydrogens is 1760 g/mol. The molecular formula is C137H133B3N6. The van der Waals surface area contributed by atoms with Crippen molar-refractivity contribution in [3.8, 4) is 0 Å². The van der Waals surface area contributed by atoms with Crippen molar-refractivity contribution in [2.75, 3.05) is 29.4 Å². The van der Waals surface area contributed by atoms with Crippen LogP contribution in [0.15, 0.2) is 309 Å². The van der Waals surface area contributed by atoms with Crippen molar-refractivity contribution in [2.45, 2.75) is 225 Å². The molecule has 9 heterocycles. The van der Waals surface area contributed by atoms with Crippen LogP contribution in [-0.4, -0.2) is 20.1 Å². The quantitative estimate of drug-likeness (QED) is 0.147. The van der Waals surface area contributed by atoms with E-state index in [4.69, 9.17) is 0 Å². The van der Waals surface area contributed by atoms with Gasteiger partial charge < -0.3 is 29.4 Å². The molecule has 0 radical (unpaired) electrons. The third kappa shape index (κ3) is 11.8. The van der Waals surface area contributed by atoms with E-state index in [2.05, 4.69) is 415 Å². The molecule has 0 N–H and O–H groups in total. The summed E-state index contributed by atoms with van der Waals surface area (Å²) in [6.45, 7) is 26.2. The summed E-state index contributed by atoms with van der Waals surface area (Å²) in [5.74, 6) is 10.5. The molecule has 720 valence electrons. The molecule has 146 heavy (non-hydrogen) atoms. The monoisotopic (exact) mass is 1900 g/mol. The first-order valence-electron chi connectivity index (χ1n) is 56.9. The normalized spacial score (nSPS) is 26.4. The molecule has 36 rings (SSSR count). The van der Waals surface area contributed by atoms with Gasteiger partial charge >= 0.3 is 0 Å². The van der Waals surface area contributed by atoms with Gasteiger partial charge in [-0.15, -0.1) is 0 Å². The van der Waals surface area contributed by atoms with Gasteiger partial charge in [0.15, 0.2) is 0 Å². The van der Waals surface area contributed by atoms with E-state index in [1.165, 1.54) is 281 Å². The van der Waals surface area contributed by atoms with Crippen LogP contribution in [-0.2, 0) is 46.3 Å². The van der Waals surface area contributed by atoms with Gasteiger partial charge in [-0.2, -0.15) is 0 Å². The van der Waals surface area contributed by atoms with E-state index in [1.807, 2.05) is 0 Å². The van der Waals surface area contributed by atoms with E-state index < -0.39 is 0 Å². The second-order valence-corrected chi connectivity index (χ2v) is 50.8. The number of nitrogens with zero attached hydrogens (tertiary/aromatic N) is 6. The van der Waals surface area contributed by atoms with E-state index in [1.54, 1.807) is 33.4 Å². The fourth-order valence-electron chi connectivity index (χ4n) is 36.5. The number of aryl methyl sites for hydroxylation is 3. The molecule has 12 bridgehead atoms. The van der Waals surface area contributed by atoms with Crippen molar-refractivity contribution in [1.29, 1.82) is 0 Å². The molecule has 15 aromatic rings. The SMILES string of the molecule is CCc1cccc(N2c3cc(C(C)(C)C)ccc3B3c4cccc5c4N(c4ccccc4C54C5CC6CC(C5)CC4C6)c4cccc2c43)c1.CCc1cccc(N2c3ccc(C(C)(C)C)cc3B3c4cccc5c4N(c4ccccc4C54C5CC6CC(C5)CC4C6)c4cccc2c43)c1.CCc1cccc(N2c3ccc(C(C)C)cc3B3c4cccc5c4N(c4ccccc4C54C5CC6CC(C5)CC4C6)c4cccc2c43)c1. The van der Waals surface area contributed by atoms with E-state index in [-0.39, 0.29) is 47.2 Å². The molecule has 0 unspecified atom stereocenters. The summed E-state index contributed by atoms with van der Waals surface area (Å²) < 4.78 is 0. The fourth-order valence-corrected chi connectivity index (χ4v) is 36.5. The highest BCUT2D eigenvalue weighted by Crippen LogP contribution is 2.75. The van der Waals surface area contributed by atoms with Crippen molar-refractivity contribution in [3.63, 3.8) is 0 Å². The van der Waals surface area contributed by atoms with Crippen LogP contribution in [0.1, 0.15) is 245 Å². The Balaban J connectivity index is 0.0000000995. The zero-order valence-corrected chi connectivity index (χ0v) is 87.1. The lowest BCUT2D eigenvalue weighted by molar-refractivity contribution is -0.0419. The highest BCUT2D eigenvalue weighted by atomic mass is 15.2. The molecule has 9 aliphatic heterocycles. The van der Waals surface area contributed by atoms with Crippen LogP contribution in [0.3, 0.4) is 0 Å². The van der Waals surface area contributed by atoms with Gasteiger partial charge in [0.2, 0.25) is 0 Å². The molecule has 9 heteroatoms. The van der Waals surface area contributed by atoms with E-state index in [9.17, 15) is 0 Å². The Labute approximate surface area is 866 Å². The standard InChI is InChI=1S/2C46H45BN2.C45H43BN2/c1-5-28-11-8-12-34(26-28)48-40-17-10-18-41-43(40)47(37-20-19-31(27-42(37)48)45(2,3)4)38-15-9-14-36-44(38)49(41)39-16-7-6-13-35(39)46(36)32-22-29-21-30(24-32)25-33(46)23-29;1-5-28-11-8-12-34(26-28)48-40-20-19-31(45(2,3)4)27-38(40)47-37-15-9-14-36-44(37)49(42-18-10-17-41(48)43(42)47)39-16-7-6-13-35(39)46(36)32-22-29-21-30(24-32)25-33(46)23-29;1-4-28-10-7-11-34(25-28)47-40-19-18-31(27(2)3)26-38(40)46-37-14-8-13-36-44(37)48(42-17-9-16-41(47)43(42)46)39-15-6-5-12-35(39)45(36)32-21-29-20-30(23-32)24-33(45)22-29/h2*6-20,26-27,29-30,32-33H,5,21-25H2,1-4H3;5-19,25-27,29-30,32-33H,4,20-24H2,1-3H3. The van der Waals surface area contributed by atoms with Crippen LogP contribution in [0.25, 0.3) is 0 Å². The van der Waals surface area contributed by atoms with Crippen LogP contribution in [0.4, 0.5) is 102 Å². The number of fused-ring (bicyclic) bond motifs is 18. The number of hydrogen-bond donors (Lipinski definition) is 0. The maximum Gasteiger partial charge on any atom is 0.252 e. The van der Waals surface area contributed by atoms with Gasteiger partial charge in [-0.1, -0.05) is 276 Å². The smallest absolute Gasteiger partial charge is 0.252 e. The first kappa shape index (κ1) is 87.5. The predicted molar refractivity (Wildman–Crippen MR) is 614 cm³/mol. The molecule has 0 aromatic heterocycles. The largest absolute Gasteiger partial charge is 0.311 e. The summed E-state index contributed by atoms with van der Waals surface area (Å²) in [7, 11) is 0. The summed E-state index contributed by atoms with van der Waals surface area (Å²) >= 11 is 0. The Hall–Kier alpha value is -12.7. The van der Waals surface area contributed by atoms with Gasteiger partial charge in [0.05, 0.1) is 17.1 Å². The van der Waals surface area contributed by atoms with E-state index >= 15 is 0 Å². The predicted octanol–water partition coefficient (Wildman–Crippen LogP) is 28.9. The summed E-state index contributed by atoms with van der Waals surface area (Å²) in [5.41, 5.74) is 56.2. The molecule has 0 saturated heterocycles. The van der Waals surface area contributed by atoms with Crippen LogP contribution in [0.5, 0.6) is 0 Å². The third-order valence-electron chi connectivity index (χ3n) is 41.6. The first-order chi connectivity index (χ1) is 71.3. The molecule has 12 saturated carbocycles. The van der Waals surface area contributed by atoms with E-state index in [0.717, 1.165) is 90.3 Å². The van der Waals surface area contributed by atoms with Crippen molar-refractivity contribution in [2.24, 2.45) is 71.0 Å². The number of hydrogen-bond acceptors (Lipinski definition) is 6. The fraction of sp³-hybridized carbons (Fsp3) is 0.343. The molecule has 0 atom stereocenters. The van der Waals surface area contributed by atoms with Crippen molar-refractivity contribution < 1.29 is 0 Å². The van der Waals surface area contributed by atoms with Crippen LogP contribution in [0.2, 0.25) is 0 Å². The Morgan fingerprint density at radius 3 is 0.863 bits per heavy atom. The average molecular weight is 1900 g/mol. The van der Waals surface area contributed by atoms with Gasteiger partial charge in [0.1, 0.15) is 0 Å². The minimum Gasteiger partial charge on any atom is -0.311 e. The topological polar surface area (TPSA) is 19.4 Å². The summed E-state index contributed by atoms with van der Waals surface area (Å²) in [6, 6.07) is 123. The van der Waals surface area contributed by atoms with Gasteiger partial charge in [-0.05, 0) is 428 Å².